The van der Waals surface area contributed by atoms with Gasteiger partial charge in [0, 0.05) is 24.7 Å². The largest absolute Gasteiger partial charge is 0.337 e. The fraction of sp³-hybridized carbons (Fsp3) is 0.462. The van der Waals surface area contributed by atoms with Crippen molar-refractivity contribution in [1.29, 1.82) is 0 Å². The first-order chi connectivity index (χ1) is 7.68. The van der Waals surface area contributed by atoms with Crippen molar-refractivity contribution in [2.24, 2.45) is 0 Å². The zero-order valence-electron chi connectivity index (χ0n) is 9.81. The third-order valence-electron chi connectivity index (χ3n) is 3.15. The second kappa shape index (κ2) is 4.66. The highest BCUT2D eigenvalue weighted by Gasteiger charge is 2.27. The topological polar surface area (TPSA) is 23.6 Å². The van der Waals surface area contributed by atoms with Crippen LogP contribution < -0.4 is 0 Å². The Bertz CT molecular complexity index is 361. The zero-order valence-corrected chi connectivity index (χ0v) is 9.81. The molecule has 0 unspecified atom stereocenters. The molecule has 1 aliphatic heterocycles. The van der Waals surface area contributed by atoms with Crippen molar-refractivity contribution in [2.75, 3.05) is 27.2 Å². The van der Waals surface area contributed by atoms with E-state index in [4.69, 9.17) is 0 Å². The molecule has 85 valence electrons. The Labute approximate surface area is 96.7 Å². The van der Waals surface area contributed by atoms with Gasteiger partial charge < -0.3 is 9.80 Å². The number of hydrogen-bond acceptors (Lipinski definition) is 2. The molecule has 1 radical (unpaired) electrons. The van der Waals surface area contributed by atoms with Crippen molar-refractivity contribution < 1.29 is 4.79 Å². The van der Waals surface area contributed by atoms with E-state index in [1.165, 1.54) is 0 Å². The minimum absolute atomic E-state index is 0.137. The lowest BCUT2D eigenvalue weighted by Crippen LogP contribution is -2.34. The average Bonchev–Trinajstić information content (AvgIpc) is 2.78. The molecule has 1 amide bonds. The summed E-state index contributed by atoms with van der Waals surface area (Å²) in [5.74, 6) is 0.137. The van der Waals surface area contributed by atoms with Gasteiger partial charge in [-0.1, -0.05) is 12.1 Å². The number of hydrogen-bond donors (Lipinski definition) is 0. The summed E-state index contributed by atoms with van der Waals surface area (Å²) in [6.07, 6.45) is 1.07. The lowest BCUT2D eigenvalue weighted by Gasteiger charge is -2.20. The third-order valence-corrected chi connectivity index (χ3v) is 3.15. The number of nitrogens with zero attached hydrogens (tertiary/aromatic N) is 2. The van der Waals surface area contributed by atoms with Gasteiger partial charge in [0.1, 0.15) is 0 Å². The summed E-state index contributed by atoms with van der Waals surface area (Å²) in [7, 11) is 4.13. The first kappa shape index (κ1) is 11.1. The summed E-state index contributed by atoms with van der Waals surface area (Å²) in [6, 6.07) is 10.6. The molecule has 1 heterocycles. The maximum Gasteiger partial charge on any atom is 0.253 e. The number of likely N-dealkylation sites (N-methyl/N-ethyl adjacent to an activating group) is 1. The Morgan fingerprint density at radius 3 is 2.69 bits per heavy atom. The molecule has 1 aliphatic rings. The average molecular weight is 217 g/mol. The van der Waals surface area contributed by atoms with E-state index in [1.807, 2.05) is 17.0 Å². The molecule has 3 heteroatoms. The van der Waals surface area contributed by atoms with Crippen LogP contribution in [0.25, 0.3) is 0 Å². The first-order valence-electron chi connectivity index (χ1n) is 5.60. The van der Waals surface area contributed by atoms with Crippen molar-refractivity contribution >= 4 is 5.91 Å². The molecule has 1 saturated heterocycles. The van der Waals surface area contributed by atoms with Crippen molar-refractivity contribution in [3.63, 3.8) is 0 Å². The standard InChI is InChI=1S/C13H17N2O/c1-14(2)12-8-9-15(10-12)13(16)11-6-4-3-5-7-11/h4-7,12H,8-10H2,1-2H3/t12-/m0/s1. The number of amides is 1. The molecule has 0 aromatic heterocycles. The van der Waals surface area contributed by atoms with E-state index in [0.29, 0.717) is 6.04 Å². The molecule has 0 saturated carbocycles. The number of carbonyl (C=O) groups is 1. The van der Waals surface area contributed by atoms with Crippen molar-refractivity contribution in [3.8, 4) is 0 Å². The molecule has 1 atom stereocenters. The fourth-order valence-corrected chi connectivity index (χ4v) is 2.06. The molecular weight excluding hydrogens is 200 g/mol. The highest BCUT2D eigenvalue weighted by atomic mass is 16.2. The van der Waals surface area contributed by atoms with E-state index >= 15 is 0 Å². The van der Waals surface area contributed by atoms with Gasteiger partial charge in [0.05, 0.1) is 0 Å². The van der Waals surface area contributed by atoms with Gasteiger partial charge >= 0.3 is 0 Å². The molecule has 16 heavy (non-hydrogen) atoms. The molecule has 0 aliphatic carbocycles. The van der Waals surface area contributed by atoms with Gasteiger partial charge in [-0.15, -0.1) is 0 Å². The minimum Gasteiger partial charge on any atom is -0.337 e. The van der Waals surface area contributed by atoms with Crippen LogP contribution in [0.2, 0.25) is 0 Å². The van der Waals surface area contributed by atoms with E-state index < -0.39 is 0 Å². The summed E-state index contributed by atoms with van der Waals surface area (Å²) in [4.78, 5) is 16.2. The smallest absolute Gasteiger partial charge is 0.253 e. The molecule has 1 aromatic rings. The van der Waals surface area contributed by atoms with Gasteiger partial charge in [0.15, 0.2) is 0 Å². The zero-order chi connectivity index (χ0) is 11.5. The number of benzene rings is 1. The number of rotatable bonds is 2. The number of likely N-dealkylation sites (tertiary alicyclic amines) is 1. The molecule has 0 bridgehead atoms. The van der Waals surface area contributed by atoms with Gasteiger partial charge in [-0.3, -0.25) is 4.79 Å². The third kappa shape index (κ3) is 2.25. The summed E-state index contributed by atoms with van der Waals surface area (Å²) in [5, 5.41) is 0. The maximum atomic E-state index is 12.1. The number of carbonyl (C=O) groups excluding carboxylic acids is 1. The molecule has 1 aromatic carbocycles. The highest BCUT2D eigenvalue weighted by Crippen LogP contribution is 2.16. The molecule has 0 N–H and O–H groups in total. The SMILES string of the molecule is CN(C)[C@H]1CCN(C(=O)c2cc[c]cc2)C1. The quantitative estimate of drug-likeness (QED) is 0.744. The Morgan fingerprint density at radius 1 is 1.44 bits per heavy atom. The van der Waals surface area contributed by atoms with E-state index in [9.17, 15) is 4.79 Å². The van der Waals surface area contributed by atoms with E-state index in [-0.39, 0.29) is 5.91 Å². The summed E-state index contributed by atoms with van der Waals surface area (Å²) >= 11 is 0. The van der Waals surface area contributed by atoms with Crippen LogP contribution in [0.4, 0.5) is 0 Å². The van der Waals surface area contributed by atoms with Crippen LogP contribution in [0.3, 0.4) is 0 Å². The molecule has 0 spiro atoms. The Hall–Kier alpha value is -1.35. The Kier molecular flexibility index (Phi) is 3.25. The van der Waals surface area contributed by atoms with E-state index in [0.717, 1.165) is 25.1 Å². The van der Waals surface area contributed by atoms with Crippen LogP contribution in [-0.2, 0) is 0 Å². The normalized spacial score (nSPS) is 20.4. The van der Waals surface area contributed by atoms with Crippen LogP contribution in [0.15, 0.2) is 24.3 Å². The highest BCUT2D eigenvalue weighted by molar-refractivity contribution is 5.94. The summed E-state index contributed by atoms with van der Waals surface area (Å²) in [5.41, 5.74) is 0.762. The Balaban J connectivity index is 2.03. The van der Waals surface area contributed by atoms with E-state index in [1.54, 1.807) is 12.1 Å². The molecule has 2 rings (SSSR count). The van der Waals surface area contributed by atoms with Crippen molar-refractivity contribution in [2.45, 2.75) is 12.5 Å². The minimum atomic E-state index is 0.137. The first-order valence-corrected chi connectivity index (χ1v) is 5.60. The molecule has 3 nitrogen and oxygen atoms in total. The van der Waals surface area contributed by atoms with Crippen LogP contribution >= 0.6 is 0 Å². The van der Waals surface area contributed by atoms with Crippen molar-refractivity contribution in [1.82, 2.24) is 9.80 Å². The predicted octanol–water partition coefficient (Wildman–Crippen LogP) is 1.26. The maximum absolute atomic E-state index is 12.1. The van der Waals surface area contributed by atoms with Crippen LogP contribution in [0.5, 0.6) is 0 Å². The summed E-state index contributed by atoms with van der Waals surface area (Å²) in [6.45, 7) is 1.70. The second-order valence-electron chi connectivity index (χ2n) is 4.45. The predicted molar refractivity (Wildman–Crippen MR) is 63.3 cm³/mol. The lowest BCUT2D eigenvalue weighted by molar-refractivity contribution is 0.0783. The van der Waals surface area contributed by atoms with Crippen LogP contribution in [0, 0.1) is 6.07 Å². The Morgan fingerprint density at radius 2 is 2.12 bits per heavy atom. The molecular formula is C13H17N2O. The van der Waals surface area contributed by atoms with Gasteiger partial charge in [-0.05, 0) is 38.7 Å². The monoisotopic (exact) mass is 217 g/mol. The van der Waals surface area contributed by atoms with Gasteiger partial charge in [-0.25, -0.2) is 0 Å². The van der Waals surface area contributed by atoms with Crippen LogP contribution in [0.1, 0.15) is 16.8 Å². The molecule has 1 fully saturated rings. The van der Waals surface area contributed by atoms with Gasteiger partial charge in [0.25, 0.3) is 5.91 Å². The second-order valence-corrected chi connectivity index (χ2v) is 4.45. The lowest BCUT2D eigenvalue weighted by atomic mass is 10.2. The van der Waals surface area contributed by atoms with Gasteiger partial charge in [-0.2, -0.15) is 0 Å². The van der Waals surface area contributed by atoms with E-state index in [2.05, 4.69) is 25.1 Å². The van der Waals surface area contributed by atoms with Gasteiger partial charge in [0.2, 0.25) is 0 Å². The summed E-state index contributed by atoms with van der Waals surface area (Å²) < 4.78 is 0. The van der Waals surface area contributed by atoms with Crippen molar-refractivity contribution in [3.05, 3.63) is 35.9 Å². The van der Waals surface area contributed by atoms with Crippen LogP contribution in [-0.4, -0.2) is 48.9 Å². The fourth-order valence-electron chi connectivity index (χ4n) is 2.06.